The summed E-state index contributed by atoms with van der Waals surface area (Å²) in [6, 6.07) is 8.25. The topological polar surface area (TPSA) is 56.3 Å². The number of aliphatic hydroxyl groups is 1. The van der Waals surface area contributed by atoms with Gasteiger partial charge in [0.25, 0.3) is 0 Å². The molecular weight excluding hydrogens is 264 g/mol. The molecule has 1 fully saturated rings. The number of aryl methyl sites for hydroxylation is 1. The number of nitrogens with one attached hydrogen (secondary N) is 1. The summed E-state index contributed by atoms with van der Waals surface area (Å²) in [7, 11) is 0. The zero-order valence-electron chi connectivity index (χ0n) is 12.2. The van der Waals surface area contributed by atoms with Gasteiger partial charge in [-0.15, -0.1) is 0 Å². The van der Waals surface area contributed by atoms with E-state index < -0.39 is 0 Å². The summed E-state index contributed by atoms with van der Waals surface area (Å²) in [5.74, 6) is 0.175. The highest BCUT2D eigenvalue weighted by molar-refractivity contribution is 5.83. The van der Waals surface area contributed by atoms with Crippen molar-refractivity contribution in [3.63, 3.8) is 0 Å². The standard InChI is InChI=1S/C17H22N2O2/c20-14-6-4-10-19(12-14)17(21)9-3-5-13-11-18-16-8-2-1-7-15(13)16/h1-2,7-8,11,14,18,20H,3-6,9-10,12H2/t14-/m0/s1. The molecule has 0 radical (unpaired) electrons. The van der Waals surface area contributed by atoms with Crippen LogP contribution in [0.3, 0.4) is 0 Å². The minimum atomic E-state index is -0.337. The zero-order chi connectivity index (χ0) is 14.7. The monoisotopic (exact) mass is 286 g/mol. The van der Waals surface area contributed by atoms with Crippen molar-refractivity contribution in [2.45, 2.75) is 38.2 Å². The predicted octanol–water partition coefficient (Wildman–Crippen LogP) is 2.47. The molecule has 2 heterocycles. The molecule has 1 aromatic carbocycles. The first-order chi connectivity index (χ1) is 10.2. The highest BCUT2D eigenvalue weighted by atomic mass is 16.3. The molecule has 4 heteroatoms. The van der Waals surface area contributed by atoms with Crippen LogP contribution < -0.4 is 0 Å². The first kappa shape index (κ1) is 14.1. The first-order valence-corrected chi connectivity index (χ1v) is 7.75. The van der Waals surface area contributed by atoms with Crippen LogP contribution in [0.4, 0.5) is 0 Å². The number of aromatic amines is 1. The van der Waals surface area contributed by atoms with Gasteiger partial charge in [-0.3, -0.25) is 4.79 Å². The van der Waals surface area contributed by atoms with Gasteiger partial charge in [0.1, 0.15) is 0 Å². The van der Waals surface area contributed by atoms with Gasteiger partial charge in [-0.2, -0.15) is 0 Å². The van der Waals surface area contributed by atoms with Crippen molar-refractivity contribution < 1.29 is 9.90 Å². The van der Waals surface area contributed by atoms with E-state index in [1.54, 1.807) is 0 Å². The number of fused-ring (bicyclic) bond motifs is 1. The van der Waals surface area contributed by atoms with Gasteiger partial charge in [0.2, 0.25) is 5.91 Å². The zero-order valence-corrected chi connectivity index (χ0v) is 12.2. The van der Waals surface area contributed by atoms with Gasteiger partial charge in [-0.05, 0) is 37.3 Å². The molecule has 0 saturated carbocycles. The van der Waals surface area contributed by atoms with Gasteiger partial charge < -0.3 is 15.0 Å². The molecule has 21 heavy (non-hydrogen) atoms. The Balaban J connectivity index is 1.52. The average Bonchev–Trinajstić information content (AvgIpc) is 2.91. The predicted molar refractivity (Wildman–Crippen MR) is 83.1 cm³/mol. The molecule has 2 aromatic rings. The van der Waals surface area contributed by atoms with Crippen LogP contribution in [-0.4, -0.2) is 40.1 Å². The summed E-state index contributed by atoms with van der Waals surface area (Å²) in [5, 5.41) is 10.9. The highest BCUT2D eigenvalue weighted by Crippen LogP contribution is 2.20. The van der Waals surface area contributed by atoms with Crippen LogP contribution >= 0.6 is 0 Å². The molecule has 0 spiro atoms. The van der Waals surface area contributed by atoms with Gasteiger partial charge in [-0.25, -0.2) is 0 Å². The van der Waals surface area contributed by atoms with Crippen LogP contribution in [0.1, 0.15) is 31.2 Å². The number of carbonyl (C=O) groups excluding carboxylic acids is 1. The number of carbonyl (C=O) groups is 1. The minimum absolute atomic E-state index is 0.175. The lowest BCUT2D eigenvalue weighted by Gasteiger charge is -2.30. The summed E-state index contributed by atoms with van der Waals surface area (Å²) in [5.41, 5.74) is 2.43. The quantitative estimate of drug-likeness (QED) is 0.907. The number of rotatable bonds is 4. The molecule has 1 aliphatic heterocycles. The molecule has 3 rings (SSSR count). The lowest BCUT2D eigenvalue weighted by atomic mass is 10.1. The molecule has 1 amide bonds. The minimum Gasteiger partial charge on any atom is -0.391 e. The Labute approximate surface area is 124 Å². The number of aromatic nitrogens is 1. The number of H-pyrrole nitrogens is 1. The van der Waals surface area contributed by atoms with Crippen molar-refractivity contribution in [2.24, 2.45) is 0 Å². The maximum absolute atomic E-state index is 12.1. The molecule has 1 saturated heterocycles. The van der Waals surface area contributed by atoms with Crippen molar-refractivity contribution in [1.29, 1.82) is 0 Å². The third-order valence-corrected chi connectivity index (χ3v) is 4.26. The average molecular weight is 286 g/mol. The molecule has 0 unspecified atom stereocenters. The van der Waals surface area contributed by atoms with E-state index in [9.17, 15) is 9.90 Å². The number of amides is 1. The Morgan fingerprint density at radius 3 is 3.10 bits per heavy atom. The SMILES string of the molecule is O=C(CCCc1c[nH]c2ccccc12)N1CCC[C@H](O)C1. The fraction of sp³-hybridized carbons (Fsp3) is 0.471. The second-order valence-electron chi connectivity index (χ2n) is 5.85. The molecule has 1 atom stereocenters. The van der Waals surface area contributed by atoms with Crippen molar-refractivity contribution in [3.8, 4) is 0 Å². The van der Waals surface area contributed by atoms with E-state index in [4.69, 9.17) is 0 Å². The number of para-hydroxylation sites is 1. The number of benzene rings is 1. The Bertz CT molecular complexity index is 620. The van der Waals surface area contributed by atoms with Crippen molar-refractivity contribution in [2.75, 3.05) is 13.1 Å². The van der Waals surface area contributed by atoms with Gasteiger partial charge in [0, 0.05) is 36.6 Å². The molecule has 1 aromatic heterocycles. The lowest BCUT2D eigenvalue weighted by molar-refractivity contribution is -0.134. The second-order valence-corrected chi connectivity index (χ2v) is 5.85. The highest BCUT2D eigenvalue weighted by Gasteiger charge is 2.21. The summed E-state index contributed by atoms with van der Waals surface area (Å²) in [6.45, 7) is 1.30. The maximum Gasteiger partial charge on any atom is 0.222 e. The largest absolute Gasteiger partial charge is 0.391 e. The van der Waals surface area contributed by atoms with Crippen LogP contribution in [0.5, 0.6) is 0 Å². The summed E-state index contributed by atoms with van der Waals surface area (Å²) < 4.78 is 0. The Morgan fingerprint density at radius 1 is 1.38 bits per heavy atom. The third kappa shape index (κ3) is 3.27. The van der Waals surface area contributed by atoms with E-state index in [1.165, 1.54) is 10.9 Å². The van der Waals surface area contributed by atoms with Crippen molar-refractivity contribution >= 4 is 16.8 Å². The number of likely N-dealkylation sites (tertiary alicyclic amines) is 1. The van der Waals surface area contributed by atoms with E-state index >= 15 is 0 Å². The van der Waals surface area contributed by atoms with Gasteiger partial charge >= 0.3 is 0 Å². The Morgan fingerprint density at radius 2 is 2.24 bits per heavy atom. The number of nitrogens with zero attached hydrogens (tertiary/aromatic N) is 1. The molecule has 0 aliphatic carbocycles. The van der Waals surface area contributed by atoms with Crippen LogP contribution in [0.25, 0.3) is 10.9 Å². The van der Waals surface area contributed by atoms with Crippen molar-refractivity contribution in [1.82, 2.24) is 9.88 Å². The number of aliphatic hydroxyl groups excluding tert-OH is 1. The van der Waals surface area contributed by atoms with Crippen LogP contribution in [-0.2, 0) is 11.2 Å². The number of hydrogen-bond acceptors (Lipinski definition) is 2. The van der Waals surface area contributed by atoms with E-state index in [1.807, 2.05) is 23.2 Å². The summed E-state index contributed by atoms with van der Waals surface area (Å²) in [4.78, 5) is 17.2. The normalized spacial score (nSPS) is 19.1. The smallest absolute Gasteiger partial charge is 0.222 e. The van der Waals surface area contributed by atoms with E-state index in [0.717, 1.165) is 37.7 Å². The van der Waals surface area contributed by atoms with E-state index in [0.29, 0.717) is 13.0 Å². The van der Waals surface area contributed by atoms with Gasteiger partial charge in [-0.1, -0.05) is 18.2 Å². The fourth-order valence-corrected chi connectivity index (χ4v) is 3.11. The lowest BCUT2D eigenvalue weighted by Crippen LogP contribution is -2.42. The Kier molecular flexibility index (Phi) is 4.25. The van der Waals surface area contributed by atoms with Crippen LogP contribution in [0.2, 0.25) is 0 Å². The molecule has 1 aliphatic rings. The molecule has 2 N–H and O–H groups in total. The number of β-amino-alcohol motifs (C(OH)–C–C–N with tert-alkyl or cyclic N) is 1. The van der Waals surface area contributed by atoms with E-state index in [2.05, 4.69) is 17.1 Å². The van der Waals surface area contributed by atoms with Crippen LogP contribution in [0.15, 0.2) is 30.5 Å². The second kappa shape index (κ2) is 6.31. The number of piperidine rings is 1. The summed E-state index contributed by atoms with van der Waals surface area (Å²) >= 11 is 0. The van der Waals surface area contributed by atoms with Crippen molar-refractivity contribution in [3.05, 3.63) is 36.0 Å². The Hall–Kier alpha value is -1.81. The molecule has 112 valence electrons. The fourth-order valence-electron chi connectivity index (χ4n) is 3.11. The van der Waals surface area contributed by atoms with Gasteiger partial charge in [0.05, 0.1) is 6.10 Å². The third-order valence-electron chi connectivity index (χ3n) is 4.26. The van der Waals surface area contributed by atoms with E-state index in [-0.39, 0.29) is 12.0 Å². The number of hydrogen-bond donors (Lipinski definition) is 2. The molecule has 0 bridgehead atoms. The van der Waals surface area contributed by atoms with Gasteiger partial charge in [0.15, 0.2) is 0 Å². The maximum atomic E-state index is 12.1. The molecule has 4 nitrogen and oxygen atoms in total. The summed E-state index contributed by atoms with van der Waals surface area (Å²) in [6.07, 6.45) is 5.76. The van der Waals surface area contributed by atoms with Crippen LogP contribution in [0, 0.1) is 0 Å². The molecular formula is C17H22N2O2. The first-order valence-electron chi connectivity index (χ1n) is 7.75.